The van der Waals surface area contributed by atoms with Gasteiger partial charge in [0.05, 0.1) is 14.2 Å². The van der Waals surface area contributed by atoms with Crippen molar-refractivity contribution < 1.29 is 28.7 Å². The van der Waals surface area contributed by atoms with Crippen molar-refractivity contribution in [2.24, 2.45) is 0 Å². The van der Waals surface area contributed by atoms with E-state index in [1.807, 2.05) is 0 Å². The van der Waals surface area contributed by atoms with Gasteiger partial charge in [0.25, 0.3) is 0 Å². The zero-order valence-corrected chi connectivity index (χ0v) is 14.5. The fraction of sp³-hybridized carbons (Fsp3) is 0.294. The monoisotopic (exact) mass is 361 g/mol. The minimum Gasteiger partial charge on any atom is -0.493 e. The molecule has 26 heavy (non-hydrogen) atoms. The number of amides is 5. The summed E-state index contributed by atoms with van der Waals surface area (Å²) in [5.41, 5.74) is 0.736. The standard InChI is InChI=1S/C17H19N3O6/c1-4-7-19-15(22)16(23)20(17(19)24)10-14(21)18-9-11-5-6-12(25-2)13(8-11)26-3/h4-6,8H,1,7,9-10H2,2-3H3,(H,18,21). The van der Waals surface area contributed by atoms with E-state index in [0.717, 1.165) is 10.5 Å². The van der Waals surface area contributed by atoms with Gasteiger partial charge in [0.15, 0.2) is 11.5 Å². The number of hydrogen-bond acceptors (Lipinski definition) is 6. The maximum absolute atomic E-state index is 12.0. The Labute approximate surface area is 150 Å². The molecular weight excluding hydrogens is 342 g/mol. The van der Waals surface area contributed by atoms with Crippen LogP contribution in [0.5, 0.6) is 11.5 Å². The summed E-state index contributed by atoms with van der Waals surface area (Å²) in [4.78, 5) is 49.0. The molecule has 1 N–H and O–H groups in total. The predicted octanol–water partition coefficient (Wildman–Crippen LogP) is 0.297. The van der Waals surface area contributed by atoms with Crippen molar-refractivity contribution in [3.8, 4) is 11.5 Å². The minimum atomic E-state index is -1.03. The maximum atomic E-state index is 12.0. The van der Waals surface area contributed by atoms with Gasteiger partial charge < -0.3 is 14.8 Å². The smallest absolute Gasteiger partial charge is 0.335 e. The summed E-state index contributed by atoms with van der Waals surface area (Å²) < 4.78 is 10.3. The number of nitrogens with one attached hydrogen (secondary N) is 1. The van der Waals surface area contributed by atoms with E-state index in [4.69, 9.17) is 9.47 Å². The number of ether oxygens (including phenoxy) is 2. The van der Waals surface area contributed by atoms with Crippen molar-refractivity contribution >= 4 is 23.8 Å². The van der Waals surface area contributed by atoms with Gasteiger partial charge in [-0.2, -0.15) is 0 Å². The summed E-state index contributed by atoms with van der Waals surface area (Å²) in [6.07, 6.45) is 1.32. The third-order valence-electron chi connectivity index (χ3n) is 3.69. The van der Waals surface area contributed by atoms with Crippen LogP contribution in [0.25, 0.3) is 0 Å². The van der Waals surface area contributed by atoms with Crippen molar-refractivity contribution in [2.45, 2.75) is 6.54 Å². The Hall–Kier alpha value is -3.36. The molecule has 1 fully saturated rings. The van der Waals surface area contributed by atoms with E-state index in [1.165, 1.54) is 20.3 Å². The molecule has 9 nitrogen and oxygen atoms in total. The van der Waals surface area contributed by atoms with E-state index < -0.39 is 30.3 Å². The van der Waals surface area contributed by atoms with Crippen molar-refractivity contribution in [1.29, 1.82) is 0 Å². The molecule has 1 aromatic rings. The molecule has 5 amide bonds. The molecule has 1 aromatic carbocycles. The Kier molecular flexibility index (Phi) is 5.94. The van der Waals surface area contributed by atoms with Crippen LogP contribution in [0.15, 0.2) is 30.9 Å². The molecule has 1 aliphatic rings. The third-order valence-corrected chi connectivity index (χ3v) is 3.69. The molecule has 0 radical (unpaired) electrons. The maximum Gasteiger partial charge on any atom is 0.335 e. The molecule has 0 saturated carbocycles. The highest BCUT2D eigenvalue weighted by Crippen LogP contribution is 2.27. The molecule has 0 aromatic heterocycles. The highest BCUT2D eigenvalue weighted by molar-refractivity contribution is 6.45. The molecule has 1 aliphatic heterocycles. The van der Waals surface area contributed by atoms with Crippen LogP contribution in [0.2, 0.25) is 0 Å². The Morgan fingerprint density at radius 1 is 1.12 bits per heavy atom. The zero-order chi connectivity index (χ0) is 19.3. The lowest BCUT2D eigenvalue weighted by Crippen LogP contribution is -2.41. The molecule has 0 atom stereocenters. The van der Waals surface area contributed by atoms with Crippen molar-refractivity contribution in [1.82, 2.24) is 15.1 Å². The van der Waals surface area contributed by atoms with E-state index in [2.05, 4.69) is 11.9 Å². The molecule has 138 valence electrons. The first-order chi connectivity index (χ1) is 12.4. The Balaban J connectivity index is 1.97. The first-order valence-electron chi connectivity index (χ1n) is 7.68. The highest BCUT2D eigenvalue weighted by atomic mass is 16.5. The van der Waals surface area contributed by atoms with Crippen LogP contribution in [-0.2, 0) is 20.9 Å². The van der Waals surface area contributed by atoms with Gasteiger partial charge in [-0.3, -0.25) is 19.3 Å². The highest BCUT2D eigenvalue weighted by Gasteiger charge is 2.44. The third kappa shape index (κ3) is 3.82. The number of hydrogen-bond donors (Lipinski definition) is 1. The normalized spacial score (nSPS) is 13.8. The van der Waals surface area contributed by atoms with E-state index in [0.29, 0.717) is 16.4 Å². The number of carbonyl (C=O) groups excluding carboxylic acids is 4. The minimum absolute atomic E-state index is 0.0901. The summed E-state index contributed by atoms with van der Waals surface area (Å²) >= 11 is 0. The van der Waals surface area contributed by atoms with Gasteiger partial charge in [-0.15, -0.1) is 6.58 Å². The van der Waals surface area contributed by atoms with Crippen molar-refractivity contribution in [2.75, 3.05) is 27.3 Å². The van der Waals surface area contributed by atoms with E-state index in [-0.39, 0.29) is 13.1 Å². The number of nitrogens with zero attached hydrogens (tertiary/aromatic N) is 2. The van der Waals surface area contributed by atoms with Gasteiger partial charge in [-0.05, 0) is 17.7 Å². The molecule has 1 heterocycles. The summed E-state index contributed by atoms with van der Waals surface area (Å²) in [5.74, 6) is -1.51. The fourth-order valence-corrected chi connectivity index (χ4v) is 2.37. The number of benzene rings is 1. The molecule has 0 unspecified atom stereocenters. The average molecular weight is 361 g/mol. The van der Waals surface area contributed by atoms with Gasteiger partial charge in [-0.25, -0.2) is 9.69 Å². The lowest BCUT2D eigenvalue weighted by Gasteiger charge is -2.14. The average Bonchev–Trinajstić information content (AvgIpc) is 2.84. The Bertz CT molecular complexity index is 761. The molecule has 2 rings (SSSR count). The Morgan fingerprint density at radius 2 is 1.77 bits per heavy atom. The van der Waals surface area contributed by atoms with E-state index in [1.54, 1.807) is 18.2 Å². The number of urea groups is 1. The van der Waals surface area contributed by atoms with E-state index >= 15 is 0 Å². The largest absolute Gasteiger partial charge is 0.493 e. The predicted molar refractivity (Wildman–Crippen MR) is 90.4 cm³/mol. The summed E-state index contributed by atoms with van der Waals surface area (Å²) in [6.45, 7) is 2.94. The summed E-state index contributed by atoms with van der Waals surface area (Å²) in [6, 6.07) is 4.30. The quantitative estimate of drug-likeness (QED) is 0.406. The first kappa shape index (κ1) is 19.0. The molecule has 1 saturated heterocycles. The van der Waals surface area contributed by atoms with Crippen LogP contribution in [-0.4, -0.2) is 60.9 Å². The van der Waals surface area contributed by atoms with Crippen LogP contribution in [0, 0.1) is 0 Å². The molecule has 0 bridgehead atoms. The van der Waals surface area contributed by atoms with Crippen LogP contribution in [0.1, 0.15) is 5.56 Å². The number of rotatable bonds is 8. The van der Waals surface area contributed by atoms with Gasteiger partial charge >= 0.3 is 17.8 Å². The topological polar surface area (TPSA) is 105 Å². The first-order valence-corrected chi connectivity index (χ1v) is 7.68. The second kappa shape index (κ2) is 8.15. The zero-order valence-electron chi connectivity index (χ0n) is 14.5. The van der Waals surface area contributed by atoms with Crippen LogP contribution in [0.4, 0.5) is 4.79 Å². The van der Waals surface area contributed by atoms with E-state index in [9.17, 15) is 19.2 Å². The lowest BCUT2D eigenvalue weighted by molar-refractivity contribution is -0.143. The summed E-state index contributed by atoms with van der Waals surface area (Å²) in [5, 5.41) is 2.59. The van der Waals surface area contributed by atoms with Gasteiger partial charge in [0.2, 0.25) is 5.91 Å². The van der Waals surface area contributed by atoms with Crippen LogP contribution >= 0.6 is 0 Å². The summed E-state index contributed by atoms with van der Waals surface area (Å²) in [7, 11) is 3.01. The molecule has 0 aliphatic carbocycles. The SMILES string of the molecule is C=CCN1C(=O)C(=O)N(CC(=O)NCc2ccc(OC)c(OC)c2)C1=O. The second-order valence-electron chi connectivity index (χ2n) is 5.34. The molecule has 9 heteroatoms. The van der Waals surface area contributed by atoms with Gasteiger partial charge in [-0.1, -0.05) is 12.1 Å². The van der Waals surface area contributed by atoms with Gasteiger partial charge in [0.1, 0.15) is 6.54 Å². The molecular formula is C17H19N3O6. The molecule has 0 spiro atoms. The fourth-order valence-electron chi connectivity index (χ4n) is 2.37. The van der Waals surface area contributed by atoms with Gasteiger partial charge in [0, 0.05) is 13.1 Å². The van der Waals surface area contributed by atoms with Crippen molar-refractivity contribution in [3.63, 3.8) is 0 Å². The Morgan fingerprint density at radius 3 is 2.38 bits per heavy atom. The van der Waals surface area contributed by atoms with Crippen molar-refractivity contribution in [3.05, 3.63) is 36.4 Å². The van der Waals surface area contributed by atoms with Crippen LogP contribution < -0.4 is 14.8 Å². The lowest BCUT2D eigenvalue weighted by atomic mass is 10.2. The second-order valence-corrected chi connectivity index (χ2v) is 5.34. The number of carbonyl (C=O) groups is 4. The number of methoxy groups -OCH3 is 2. The number of imide groups is 2. The van der Waals surface area contributed by atoms with Crippen LogP contribution in [0.3, 0.4) is 0 Å².